The molecule has 0 aliphatic carbocycles. The van der Waals surface area contributed by atoms with Crippen LogP contribution in [0, 0.1) is 0 Å². The maximum absolute atomic E-state index is 12.2. The fourth-order valence-electron chi connectivity index (χ4n) is 1.39. The summed E-state index contributed by atoms with van der Waals surface area (Å²) in [5.74, 6) is 0.0104. The van der Waals surface area contributed by atoms with E-state index in [1.54, 1.807) is 31.3 Å². The van der Waals surface area contributed by atoms with Crippen molar-refractivity contribution in [3.05, 3.63) is 29.8 Å². The summed E-state index contributed by atoms with van der Waals surface area (Å²) in [5.41, 5.74) is 11.3. The maximum Gasteiger partial charge on any atom is 0.243 e. The minimum Gasteiger partial charge on any atom is -0.370 e. The van der Waals surface area contributed by atoms with Crippen LogP contribution in [0.1, 0.15) is 19.4 Å². The van der Waals surface area contributed by atoms with Gasteiger partial charge < -0.3 is 11.5 Å². The van der Waals surface area contributed by atoms with E-state index in [2.05, 4.69) is 4.99 Å². The number of rotatable bonds is 5. The van der Waals surface area contributed by atoms with Crippen LogP contribution in [0.4, 0.5) is 0 Å². The van der Waals surface area contributed by atoms with Crippen molar-refractivity contribution in [1.82, 2.24) is 4.31 Å². The summed E-state index contributed by atoms with van der Waals surface area (Å²) in [6.07, 6.45) is 0. The minimum atomic E-state index is -3.44. The van der Waals surface area contributed by atoms with Crippen LogP contribution in [-0.4, -0.2) is 31.8 Å². The second-order valence-corrected chi connectivity index (χ2v) is 6.50. The van der Waals surface area contributed by atoms with E-state index >= 15 is 0 Å². The Morgan fingerprint density at radius 3 is 2.21 bits per heavy atom. The van der Waals surface area contributed by atoms with Gasteiger partial charge in [0.1, 0.15) is 0 Å². The molecular formula is C12H20N4O2S. The standard InChI is InChI=1S/C12H20N4O2S/c1-9(2)16(3)19(17,18)11-6-4-10(5-7-11)8-15-12(13)14/h4-7,9H,8H2,1-3H3,(H4,13,14,15). The predicted molar refractivity (Wildman–Crippen MR) is 76.0 cm³/mol. The Morgan fingerprint density at radius 1 is 1.26 bits per heavy atom. The Morgan fingerprint density at radius 2 is 1.79 bits per heavy atom. The lowest BCUT2D eigenvalue weighted by molar-refractivity contribution is 0.410. The quantitative estimate of drug-likeness (QED) is 0.606. The Hall–Kier alpha value is -1.60. The summed E-state index contributed by atoms with van der Waals surface area (Å²) >= 11 is 0. The first kappa shape index (κ1) is 15.5. The molecule has 1 rings (SSSR count). The Balaban J connectivity index is 2.96. The SMILES string of the molecule is CC(C)N(C)S(=O)(=O)c1ccc(CN=C(N)N)cc1. The second kappa shape index (κ2) is 6.03. The first-order chi connectivity index (χ1) is 8.75. The van der Waals surface area contributed by atoms with E-state index in [9.17, 15) is 8.42 Å². The smallest absolute Gasteiger partial charge is 0.243 e. The van der Waals surface area contributed by atoms with Gasteiger partial charge in [0.15, 0.2) is 5.96 Å². The van der Waals surface area contributed by atoms with Crippen LogP contribution in [0.25, 0.3) is 0 Å². The summed E-state index contributed by atoms with van der Waals surface area (Å²) < 4.78 is 25.8. The highest BCUT2D eigenvalue weighted by Gasteiger charge is 2.22. The van der Waals surface area contributed by atoms with Gasteiger partial charge >= 0.3 is 0 Å². The van der Waals surface area contributed by atoms with Gasteiger partial charge in [-0.2, -0.15) is 4.31 Å². The molecule has 0 radical (unpaired) electrons. The molecule has 0 bridgehead atoms. The molecule has 7 heteroatoms. The predicted octanol–water partition coefficient (Wildman–Crippen LogP) is 0.489. The van der Waals surface area contributed by atoms with Crippen molar-refractivity contribution >= 4 is 16.0 Å². The summed E-state index contributed by atoms with van der Waals surface area (Å²) in [7, 11) is -1.88. The molecule has 6 nitrogen and oxygen atoms in total. The molecule has 0 aliphatic rings. The highest BCUT2D eigenvalue weighted by atomic mass is 32.2. The van der Waals surface area contributed by atoms with Crippen LogP contribution < -0.4 is 11.5 Å². The number of benzene rings is 1. The molecule has 0 unspecified atom stereocenters. The normalized spacial score (nSPS) is 11.8. The van der Waals surface area contributed by atoms with Crippen LogP contribution in [0.3, 0.4) is 0 Å². The number of guanidine groups is 1. The first-order valence-corrected chi connectivity index (χ1v) is 7.31. The molecule has 0 atom stereocenters. The van der Waals surface area contributed by atoms with Crippen LogP contribution in [0.2, 0.25) is 0 Å². The zero-order valence-electron chi connectivity index (χ0n) is 11.4. The average molecular weight is 284 g/mol. The van der Waals surface area contributed by atoms with Gasteiger partial charge in [-0.1, -0.05) is 12.1 Å². The molecule has 1 aromatic carbocycles. The molecule has 0 saturated carbocycles. The van der Waals surface area contributed by atoms with Crippen molar-refractivity contribution < 1.29 is 8.42 Å². The van der Waals surface area contributed by atoms with Crippen LogP contribution >= 0.6 is 0 Å². The maximum atomic E-state index is 12.2. The Kier molecular flexibility index (Phi) is 4.90. The molecule has 0 aliphatic heterocycles. The average Bonchev–Trinajstić information content (AvgIpc) is 2.35. The van der Waals surface area contributed by atoms with Crippen molar-refractivity contribution in [2.24, 2.45) is 16.5 Å². The van der Waals surface area contributed by atoms with Crippen molar-refractivity contribution in [2.45, 2.75) is 31.3 Å². The molecule has 0 spiro atoms. The molecule has 0 heterocycles. The van der Waals surface area contributed by atoms with Crippen molar-refractivity contribution in [1.29, 1.82) is 0 Å². The lowest BCUT2D eigenvalue weighted by atomic mass is 10.2. The molecule has 0 fully saturated rings. The molecule has 106 valence electrons. The monoisotopic (exact) mass is 284 g/mol. The highest BCUT2D eigenvalue weighted by Crippen LogP contribution is 2.17. The van der Waals surface area contributed by atoms with Gasteiger partial charge in [0.2, 0.25) is 10.0 Å². The summed E-state index contributed by atoms with van der Waals surface area (Å²) in [6.45, 7) is 3.98. The zero-order chi connectivity index (χ0) is 14.6. The third-order valence-electron chi connectivity index (χ3n) is 2.77. The third-order valence-corrected chi connectivity index (χ3v) is 4.82. The first-order valence-electron chi connectivity index (χ1n) is 5.87. The third kappa shape index (κ3) is 3.93. The van der Waals surface area contributed by atoms with E-state index in [1.165, 1.54) is 4.31 Å². The van der Waals surface area contributed by atoms with Crippen molar-refractivity contribution in [2.75, 3.05) is 7.05 Å². The van der Waals surface area contributed by atoms with E-state index in [0.29, 0.717) is 6.54 Å². The topological polar surface area (TPSA) is 102 Å². The van der Waals surface area contributed by atoms with E-state index < -0.39 is 10.0 Å². The van der Waals surface area contributed by atoms with E-state index in [0.717, 1.165) is 5.56 Å². The zero-order valence-corrected chi connectivity index (χ0v) is 12.2. The van der Waals surface area contributed by atoms with E-state index in [-0.39, 0.29) is 16.9 Å². The Bertz CT molecular complexity index is 546. The lowest BCUT2D eigenvalue weighted by Gasteiger charge is -2.20. The van der Waals surface area contributed by atoms with Crippen LogP contribution in [0.5, 0.6) is 0 Å². The fraction of sp³-hybridized carbons (Fsp3) is 0.417. The minimum absolute atomic E-state index is 0.0104. The Labute approximate surface area is 114 Å². The van der Waals surface area contributed by atoms with Crippen LogP contribution in [-0.2, 0) is 16.6 Å². The molecule has 4 N–H and O–H groups in total. The molecule has 0 amide bonds. The number of aliphatic imine (C=N–C) groups is 1. The van der Waals surface area contributed by atoms with E-state index in [1.807, 2.05) is 13.8 Å². The largest absolute Gasteiger partial charge is 0.370 e. The van der Waals surface area contributed by atoms with Crippen molar-refractivity contribution in [3.63, 3.8) is 0 Å². The fourth-order valence-corrected chi connectivity index (χ4v) is 2.76. The molecule has 19 heavy (non-hydrogen) atoms. The van der Waals surface area contributed by atoms with Gasteiger partial charge in [0.05, 0.1) is 11.4 Å². The highest BCUT2D eigenvalue weighted by molar-refractivity contribution is 7.89. The molecule has 0 saturated heterocycles. The van der Waals surface area contributed by atoms with Gasteiger partial charge in [-0.05, 0) is 31.5 Å². The number of nitrogens with two attached hydrogens (primary N) is 2. The summed E-state index contributed by atoms with van der Waals surface area (Å²) in [4.78, 5) is 4.12. The van der Waals surface area contributed by atoms with Gasteiger partial charge in [-0.15, -0.1) is 0 Å². The van der Waals surface area contributed by atoms with Crippen molar-refractivity contribution in [3.8, 4) is 0 Å². The molecular weight excluding hydrogens is 264 g/mol. The number of hydrogen-bond donors (Lipinski definition) is 2. The van der Waals surface area contributed by atoms with Gasteiger partial charge in [-0.3, -0.25) is 0 Å². The van der Waals surface area contributed by atoms with Gasteiger partial charge in [0, 0.05) is 13.1 Å². The summed E-state index contributed by atoms with van der Waals surface area (Å²) in [5, 5.41) is 0. The number of nitrogens with zero attached hydrogens (tertiary/aromatic N) is 2. The molecule has 1 aromatic rings. The van der Waals surface area contributed by atoms with E-state index in [4.69, 9.17) is 11.5 Å². The number of hydrogen-bond acceptors (Lipinski definition) is 3. The number of sulfonamides is 1. The molecule has 0 aromatic heterocycles. The van der Waals surface area contributed by atoms with Gasteiger partial charge in [0.25, 0.3) is 0 Å². The van der Waals surface area contributed by atoms with Crippen LogP contribution in [0.15, 0.2) is 34.2 Å². The van der Waals surface area contributed by atoms with Gasteiger partial charge in [-0.25, -0.2) is 13.4 Å². The summed E-state index contributed by atoms with van der Waals surface area (Å²) in [6, 6.07) is 6.43. The second-order valence-electron chi connectivity index (χ2n) is 4.50. The lowest BCUT2D eigenvalue weighted by Crippen LogP contribution is -2.33.